The first-order chi connectivity index (χ1) is 13.3. The summed E-state index contributed by atoms with van der Waals surface area (Å²) in [6, 6.07) is 12.4. The Morgan fingerprint density at radius 2 is 1.89 bits per heavy atom. The molecule has 2 aromatic rings. The Bertz CT molecular complexity index is 992. The first-order valence-corrected chi connectivity index (χ1v) is 10.4. The van der Waals surface area contributed by atoms with Gasteiger partial charge in [-0.3, -0.25) is 14.9 Å². The van der Waals surface area contributed by atoms with E-state index in [1.807, 2.05) is 6.07 Å². The van der Waals surface area contributed by atoms with Crippen molar-refractivity contribution in [2.75, 3.05) is 13.1 Å². The summed E-state index contributed by atoms with van der Waals surface area (Å²) in [5.41, 5.74) is 0.385. The molecule has 0 bridgehead atoms. The van der Waals surface area contributed by atoms with E-state index in [9.17, 15) is 23.3 Å². The van der Waals surface area contributed by atoms with Crippen LogP contribution < -0.4 is 4.72 Å². The molecular weight excluding hydrogens is 382 g/mol. The normalized spacial score (nSPS) is 17.3. The summed E-state index contributed by atoms with van der Waals surface area (Å²) in [5.74, 6) is -0.161. The number of carbonyl (C=O) groups excluding carboxylic acids is 1. The maximum Gasteiger partial charge on any atom is 0.289 e. The van der Waals surface area contributed by atoms with E-state index in [2.05, 4.69) is 4.72 Å². The van der Waals surface area contributed by atoms with E-state index in [4.69, 9.17) is 0 Å². The number of amides is 1. The van der Waals surface area contributed by atoms with E-state index < -0.39 is 26.7 Å². The Labute approximate surface area is 163 Å². The first-order valence-electron chi connectivity index (χ1n) is 8.90. The van der Waals surface area contributed by atoms with Gasteiger partial charge in [-0.1, -0.05) is 30.3 Å². The third kappa shape index (κ3) is 4.20. The van der Waals surface area contributed by atoms with Crippen molar-refractivity contribution in [3.05, 3.63) is 69.8 Å². The molecule has 148 valence electrons. The molecule has 1 saturated heterocycles. The molecule has 0 aliphatic carbocycles. The van der Waals surface area contributed by atoms with Crippen LogP contribution in [0.15, 0.2) is 53.4 Å². The van der Waals surface area contributed by atoms with Crippen LogP contribution in [0.2, 0.25) is 0 Å². The molecule has 1 amide bonds. The summed E-state index contributed by atoms with van der Waals surface area (Å²) in [5, 5.41) is 11.3. The van der Waals surface area contributed by atoms with Crippen molar-refractivity contribution in [3.63, 3.8) is 0 Å². The molecule has 0 radical (unpaired) electrons. The minimum atomic E-state index is -4.11. The van der Waals surface area contributed by atoms with Gasteiger partial charge >= 0.3 is 0 Å². The van der Waals surface area contributed by atoms with Gasteiger partial charge in [-0.05, 0) is 37.5 Å². The molecule has 0 aromatic heterocycles. The topological polar surface area (TPSA) is 110 Å². The number of nitro benzene ring substituents is 1. The van der Waals surface area contributed by atoms with Gasteiger partial charge in [0.25, 0.3) is 11.6 Å². The number of benzene rings is 2. The predicted molar refractivity (Wildman–Crippen MR) is 104 cm³/mol. The van der Waals surface area contributed by atoms with Crippen LogP contribution in [0.3, 0.4) is 0 Å². The molecule has 1 N–H and O–H groups in total. The van der Waals surface area contributed by atoms with Crippen LogP contribution in [-0.2, 0) is 10.0 Å². The zero-order chi connectivity index (χ0) is 20.3. The summed E-state index contributed by atoms with van der Waals surface area (Å²) < 4.78 is 28.3. The third-order valence-electron chi connectivity index (χ3n) is 4.71. The quantitative estimate of drug-likeness (QED) is 0.609. The monoisotopic (exact) mass is 403 g/mol. The number of nitrogens with one attached hydrogen (secondary N) is 1. The van der Waals surface area contributed by atoms with Gasteiger partial charge in [-0.2, -0.15) is 0 Å². The highest BCUT2D eigenvalue weighted by Gasteiger charge is 2.32. The highest BCUT2D eigenvalue weighted by molar-refractivity contribution is 7.89. The number of rotatable bonds is 5. The van der Waals surface area contributed by atoms with E-state index in [1.54, 1.807) is 29.2 Å². The molecule has 9 heteroatoms. The van der Waals surface area contributed by atoms with Crippen LogP contribution in [0, 0.1) is 17.0 Å². The van der Waals surface area contributed by atoms with Crippen LogP contribution >= 0.6 is 0 Å². The van der Waals surface area contributed by atoms with Crippen LogP contribution in [0.25, 0.3) is 0 Å². The van der Waals surface area contributed by atoms with Gasteiger partial charge in [-0.15, -0.1) is 0 Å². The van der Waals surface area contributed by atoms with E-state index in [-0.39, 0.29) is 17.3 Å². The fourth-order valence-corrected chi connectivity index (χ4v) is 5.09. The number of hydrogen-bond donors (Lipinski definition) is 1. The third-order valence-corrected chi connectivity index (χ3v) is 6.42. The Hall–Kier alpha value is -2.78. The summed E-state index contributed by atoms with van der Waals surface area (Å²) >= 11 is 0. The minimum absolute atomic E-state index is 0.161. The first kappa shape index (κ1) is 20.0. The number of piperidine rings is 1. The zero-order valence-corrected chi connectivity index (χ0v) is 16.2. The lowest BCUT2D eigenvalue weighted by Crippen LogP contribution is -2.49. The molecule has 1 aliphatic rings. The predicted octanol–water partition coefficient (Wildman–Crippen LogP) is 2.49. The number of likely N-dealkylation sites (tertiary alicyclic amines) is 1. The van der Waals surface area contributed by atoms with Gasteiger partial charge in [0.2, 0.25) is 10.0 Å². The second-order valence-corrected chi connectivity index (χ2v) is 8.41. The minimum Gasteiger partial charge on any atom is -0.337 e. The summed E-state index contributed by atoms with van der Waals surface area (Å²) in [7, 11) is -4.11. The molecule has 0 saturated carbocycles. The maximum absolute atomic E-state index is 12.9. The highest BCUT2D eigenvalue weighted by Crippen LogP contribution is 2.27. The molecule has 2 aromatic carbocycles. The Kier molecular flexibility index (Phi) is 5.76. The Morgan fingerprint density at radius 1 is 1.18 bits per heavy atom. The van der Waals surface area contributed by atoms with Crippen molar-refractivity contribution in [3.8, 4) is 0 Å². The van der Waals surface area contributed by atoms with E-state index in [0.717, 1.165) is 0 Å². The molecule has 28 heavy (non-hydrogen) atoms. The number of sulfonamides is 1. The Balaban J connectivity index is 1.80. The lowest BCUT2D eigenvalue weighted by molar-refractivity contribution is -0.387. The standard InChI is InChI=1S/C19H21N3O5S/c1-14-7-5-11-17(22(24)25)18(14)28(26,27)20-16-10-6-12-21(13-16)19(23)15-8-3-2-4-9-15/h2-5,7-9,11,16,20H,6,10,12-13H2,1H3. The number of aryl methyl sites for hydroxylation is 1. The van der Waals surface area contributed by atoms with E-state index >= 15 is 0 Å². The average Bonchev–Trinajstić information content (AvgIpc) is 2.67. The number of carbonyl (C=O) groups is 1. The number of hydrogen-bond acceptors (Lipinski definition) is 5. The summed E-state index contributed by atoms with van der Waals surface area (Å²) in [6.07, 6.45) is 1.19. The van der Waals surface area contributed by atoms with Crippen molar-refractivity contribution in [2.24, 2.45) is 0 Å². The van der Waals surface area contributed by atoms with E-state index in [0.29, 0.717) is 30.5 Å². The van der Waals surface area contributed by atoms with Gasteiger partial charge in [0.15, 0.2) is 4.90 Å². The smallest absolute Gasteiger partial charge is 0.289 e. The van der Waals surface area contributed by atoms with Crippen molar-refractivity contribution >= 4 is 21.6 Å². The second-order valence-electron chi connectivity index (χ2n) is 6.76. The van der Waals surface area contributed by atoms with Gasteiger partial charge in [-0.25, -0.2) is 13.1 Å². The summed E-state index contributed by atoms with van der Waals surface area (Å²) in [4.78, 5) is 24.5. The molecule has 1 atom stereocenters. The molecule has 1 fully saturated rings. The SMILES string of the molecule is Cc1cccc([N+](=O)[O-])c1S(=O)(=O)NC1CCCN(C(=O)c2ccccc2)C1. The molecule has 8 nitrogen and oxygen atoms in total. The molecule has 1 heterocycles. The van der Waals surface area contributed by atoms with Crippen molar-refractivity contribution in [1.82, 2.24) is 9.62 Å². The van der Waals surface area contributed by atoms with E-state index in [1.165, 1.54) is 25.1 Å². The Morgan fingerprint density at radius 3 is 2.57 bits per heavy atom. The molecule has 3 rings (SSSR count). The fraction of sp³-hybridized carbons (Fsp3) is 0.316. The molecular formula is C19H21N3O5S. The average molecular weight is 403 g/mol. The van der Waals surface area contributed by atoms with Crippen LogP contribution in [0.1, 0.15) is 28.8 Å². The van der Waals surface area contributed by atoms with Crippen molar-refractivity contribution in [1.29, 1.82) is 0 Å². The van der Waals surface area contributed by atoms with Crippen LogP contribution in [-0.4, -0.2) is 43.3 Å². The van der Waals surface area contributed by atoms with Crippen molar-refractivity contribution in [2.45, 2.75) is 30.7 Å². The lowest BCUT2D eigenvalue weighted by atomic mass is 10.1. The lowest BCUT2D eigenvalue weighted by Gasteiger charge is -2.33. The molecule has 1 unspecified atom stereocenters. The molecule has 0 spiro atoms. The number of nitro groups is 1. The zero-order valence-electron chi connectivity index (χ0n) is 15.4. The maximum atomic E-state index is 12.9. The highest BCUT2D eigenvalue weighted by atomic mass is 32.2. The van der Waals surface area contributed by atoms with Crippen molar-refractivity contribution < 1.29 is 18.1 Å². The molecule has 1 aliphatic heterocycles. The number of nitrogens with zero attached hydrogens (tertiary/aromatic N) is 2. The van der Waals surface area contributed by atoms with Crippen LogP contribution in [0.4, 0.5) is 5.69 Å². The fourth-order valence-electron chi connectivity index (χ4n) is 3.43. The van der Waals surface area contributed by atoms with Gasteiger partial charge in [0, 0.05) is 30.8 Å². The largest absolute Gasteiger partial charge is 0.337 e. The van der Waals surface area contributed by atoms with Gasteiger partial charge in [0.05, 0.1) is 4.92 Å². The second kappa shape index (κ2) is 8.07. The van der Waals surface area contributed by atoms with Gasteiger partial charge < -0.3 is 4.90 Å². The summed E-state index contributed by atoms with van der Waals surface area (Å²) in [6.45, 7) is 2.27. The van der Waals surface area contributed by atoms with Gasteiger partial charge in [0.1, 0.15) is 0 Å². The van der Waals surface area contributed by atoms with Crippen LogP contribution in [0.5, 0.6) is 0 Å².